The van der Waals surface area contributed by atoms with E-state index in [0.717, 1.165) is 11.4 Å². The van der Waals surface area contributed by atoms with E-state index in [9.17, 15) is 0 Å². The van der Waals surface area contributed by atoms with Crippen LogP contribution in [0.4, 0.5) is 0 Å². The molecule has 4 nitrogen and oxygen atoms in total. The van der Waals surface area contributed by atoms with Gasteiger partial charge in [0.05, 0.1) is 11.4 Å². The fourth-order valence-corrected chi connectivity index (χ4v) is 1.38. The Morgan fingerprint density at radius 1 is 1.18 bits per heavy atom. The Morgan fingerprint density at radius 3 is 2.76 bits per heavy atom. The van der Waals surface area contributed by atoms with Crippen LogP contribution in [0.25, 0.3) is 0 Å². The van der Waals surface area contributed by atoms with Gasteiger partial charge in [-0.25, -0.2) is 9.97 Å². The minimum Gasteiger partial charge on any atom is -0.471 e. The first kappa shape index (κ1) is 11.5. The van der Waals surface area contributed by atoms with Gasteiger partial charge in [0.25, 0.3) is 0 Å². The van der Waals surface area contributed by atoms with Crippen LogP contribution in [0.5, 0.6) is 5.88 Å². The largest absolute Gasteiger partial charge is 0.471 e. The number of rotatable bonds is 4. The Hall–Kier alpha value is -1.97. The normalized spacial score (nSPS) is 10.5. The molecule has 0 saturated carbocycles. The molecule has 0 saturated heterocycles. The highest BCUT2D eigenvalue weighted by Crippen LogP contribution is 2.15. The fraction of sp³-hybridized carbons (Fsp3) is 0.308. The van der Waals surface area contributed by atoms with Crippen LogP contribution in [0, 0.1) is 0 Å². The molecule has 2 aromatic rings. The van der Waals surface area contributed by atoms with Gasteiger partial charge in [-0.05, 0) is 18.1 Å². The van der Waals surface area contributed by atoms with Gasteiger partial charge in [-0.3, -0.25) is 4.98 Å². The molecular formula is C13H15N3O. The van der Waals surface area contributed by atoms with Crippen molar-refractivity contribution >= 4 is 0 Å². The van der Waals surface area contributed by atoms with E-state index in [4.69, 9.17) is 4.74 Å². The van der Waals surface area contributed by atoms with Crippen molar-refractivity contribution in [2.24, 2.45) is 0 Å². The molecular weight excluding hydrogens is 214 g/mol. The van der Waals surface area contributed by atoms with Crippen LogP contribution in [0.1, 0.15) is 31.2 Å². The van der Waals surface area contributed by atoms with E-state index in [1.54, 1.807) is 6.20 Å². The second kappa shape index (κ2) is 5.39. The Labute approximate surface area is 101 Å². The quantitative estimate of drug-likeness (QED) is 0.808. The number of ether oxygens (including phenoxy) is 1. The lowest BCUT2D eigenvalue weighted by Crippen LogP contribution is -2.01. The molecule has 0 aromatic carbocycles. The highest BCUT2D eigenvalue weighted by molar-refractivity contribution is 5.16. The Morgan fingerprint density at radius 2 is 2.06 bits per heavy atom. The summed E-state index contributed by atoms with van der Waals surface area (Å²) in [7, 11) is 0. The van der Waals surface area contributed by atoms with E-state index in [-0.39, 0.29) is 0 Å². The molecule has 0 aliphatic heterocycles. The molecule has 0 unspecified atom stereocenters. The Balaban J connectivity index is 2.02. The zero-order valence-corrected chi connectivity index (χ0v) is 10.00. The monoisotopic (exact) mass is 229 g/mol. The third kappa shape index (κ3) is 3.24. The summed E-state index contributed by atoms with van der Waals surface area (Å²) in [6.07, 6.45) is 3.28. The smallest absolute Gasteiger partial charge is 0.216 e. The summed E-state index contributed by atoms with van der Waals surface area (Å²) in [6.45, 7) is 4.60. The summed E-state index contributed by atoms with van der Waals surface area (Å²) >= 11 is 0. The van der Waals surface area contributed by atoms with Crippen molar-refractivity contribution in [1.29, 1.82) is 0 Å². The van der Waals surface area contributed by atoms with Gasteiger partial charge in [0.1, 0.15) is 12.9 Å². The highest BCUT2D eigenvalue weighted by atomic mass is 16.5. The van der Waals surface area contributed by atoms with Crippen LogP contribution in [0.3, 0.4) is 0 Å². The van der Waals surface area contributed by atoms with Crippen LogP contribution >= 0.6 is 0 Å². The van der Waals surface area contributed by atoms with Crippen molar-refractivity contribution in [2.45, 2.75) is 26.4 Å². The zero-order valence-electron chi connectivity index (χ0n) is 10.00. The molecule has 0 bridgehead atoms. The Bertz CT molecular complexity index is 471. The summed E-state index contributed by atoms with van der Waals surface area (Å²) in [5.74, 6) is 0.963. The first-order valence-corrected chi connectivity index (χ1v) is 5.60. The molecule has 0 fully saturated rings. The molecule has 2 aromatic heterocycles. The molecule has 0 amide bonds. The van der Waals surface area contributed by atoms with Gasteiger partial charge < -0.3 is 4.74 Å². The van der Waals surface area contributed by atoms with Crippen LogP contribution < -0.4 is 4.74 Å². The Kier molecular flexibility index (Phi) is 3.65. The number of pyridine rings is 1. The first-order valence-electron chi connectivity index (χ1n) is 5.60. The third-order valence-electron chi connectivity index (χ3n) is 2.35. The zero-order chi connectivity index (χ0) is 12.1. The molecule has 0 atom stereocenters. The van der Waals surface area contributed by atoms with E-state index in [1.165, 1.54) is 6.33 Å². The van der Waals surface area contributed by atoms with Gasteiger partial charge in [0, 0.05) is 12.3 Å². The molecule has 4 heteroatoms. The van der Waals surface area contributed by atoms with E-state index >= 15 is 0 Å². The maximum atomic E-state index is 5.57. The lowest BCUT2D eigenvalue weighted by Gasteiger charge is -2.07. The standard InChI is InChI=1S/C13H15N3O/c1-10(2)12-7-13(16-9-15-12)17-8-11-5-3-4-6-14-11/h3-7,9-10H,8H2,1-2H3. The molecule has 2 rings (SSSR count). The van der Waals surface area contributed by atoms with Gasteiger partial charge in [-0.1, -0.05) is 19.9 Å². The maximum Gasteiger partial charge on any atom is 0.216 e. The van der Waals surface area contributed by atoms with E-state index in [0.29, 0.717) is 18.4 Å². The van der Waals surface area contributed by atoms with Crippen molar-refractivity contribution in [2.75, 3.05) is 0 Å². The first-order chi connectivity index (χ1) is 8.25. The molecule has 17 heavy (non-hydrogen) atoms. The second-order valence-corrected chi connectivity index (χ2v) is 4.05. The molecule has 88 valence electrons. The average Bonchev–Trinajstić information content (AvgIpc) is 2.38. The predicted octanol–water partition coefficient (Wildman–Crippen LogP) is 2.57. The average molecular weight is 229 g/mol. The second-order valence-electron chi connectivity index (χ2n) is 4.05. The van der Waals surface area contributed by atoms with Crippen LogP contribution in [0.2, 0.25) is 0 Å². The predicted molar refractivity (Wildman–Crippen MR) is 64.7 cm³/mol. The number of hydrogen-bond acceptors (Lipinski definition) is 4. The fourth-order valence-electron chi connectivity index (χ4n) is 1.38. The van der Waals surface area contributed by atoms with E-state index < -0.39 is 0 Å². The highest BCUT2D eigenvalue weighted by Gasteiger charge is 2.04. The molecule has 2 heterocycles. The molecule has 0 spiro atoms. The molecule has 0 N–H and O–H groups in total. The van der Waals surface area contributed by atoms with Crippen molar-refractivity contribution in [3.63, 3.8) is 0 Å². The van der Waals surface area contributed by atoms with Gasteiger partial charge in [0.2, 0.25) is 5.88 Å². The summed E-state index contributed by atoms with van der Waals surface area (Å²) in [5.41, 5.74) is 1.87. The van der Waals surface area contributed by atoms with Crippen molar-refractivity contribution in [3.8, 4) is 5.88 Å². The van der Waals surface area contributed by atoms with Crippen LogP contribution in [0.15, 0.2) is 36.8 Å². The van der Waals surface area contributed by atoms with E-state index in [2.05, 4.69) is 28.8 Å². The summed E-state index contributed by atoms with van der Waals surface area (Å²) in [5, 5.41) is 0. The van der Waals surface area contributed by atoms with Gasteiger partial charge in [-0.2, -0.15) is 0 Å². The van der Waals surface area contributed by atoms with Crippen molar-refractivity contribution in [3.05, 3.63) is 48.2 Å². The molecule has 0 aliphatic carbocycles. The lowest BCUT2D eigenvalue weighted by molar-refractivity contribution is 0.288. The molecule has 0 radical (unpaired) electrons. The van der Waals surface area contributed by atoms with Crippen LogP contribution in [-0.2, 0) is 6.61 Å². The van der Waals surface area contributed by atoms with Gasteiger partial charge in [0.15, 0.2) is 0 Å². The minimum absolute atomic E-state index is 0.371. The summed E-state index contributed by atoms with van der Waals surface area (Å²) < 4.78 is 5.57. The lowest BCUT2D eigenvalue weighted by atomic mass is 10.1. The summed E-state index contributed by atoms with van der Waals surface area (Å²) in [4.78, 5) is 12.4. The SMILES string of the molecule is CC(C)c1cc(OCc2ccccn2)ncn1. The van der Waals surface area contributed by atoms with Crippen molar-refractivity contribution < 1.29 is 4.74 Å². The summed E-state index contributed by atoms with van der Waals surface area (Å²) in [6, 6.07) is 7.61. The number of hydrogen-bond donors (Lipinski definition) is 0. The maximum absolute atomic E-state index is 5.57. The topological polar surface area (TPSA) is 47.9 Å². The molecule has 0 aliphatic rings. The van der Waals surface area contributed by atoms with Crippen molar-refractivity contribution in [1.82, 2.24) is 15.0 Å². The van der Waals surface area contributed by atoms with E-state index in [1.807, 2.05) is 24.3 Å². The number of aromatic nitrogens is 3. The number of nitrogens with zero attached hydrogens (tertiary/aromatic N) is 3. The third-order valence-corrected chi connectivity index (χ3v) is 2.35. The minimum atomic E-state index is 0.371. The van der Waals surface area contributed by atoms with Crippen LogP contribution in [-0.4, -0.2) is 15.0 Å². The van der Waals surface area contributed by atoms with Gasteiger partial charge >= 0.3 is 0 Å². The van der Waals surface area contributed by atoms with Gasteiger partial charge in [-0.15, -0.1) is 0 Å².